The summed E-state index contributed by atoms with van der Waals surface area (Å²) in [6.07, 6.45) is 5.56. The quantitative estimate of drug-likeness (QED) is 0.748. The van der Waals surface area contributed by atoms with Gasteiger partial charge in [0.25, 0.3) is 0 Å². The summed E-state index contributed by atoms with van der Waals surface area (Å²) >= 11 is 5.67. The summed E-state index contributed by atoms with van der Waals surface area (Å²) in [5.41, 5.74) is 0. The summed E-state index contributed by atoms with van der Waals surface area (Å²) in [6.45, 7) is 5.74. The molecule has 0 atom stereocenters. The topological polar surface area (TPSA) is 47.0 Å². The van der Waals surface area contributed by atoms with Crippen LogP contribution in [0.3, 0.4) is 0 Å². The van der Waals surface area contributed by atoms with E-state index in [9.17, 15) is 0 Å². The first-order valence-electron chi connectivity index (χ1n) is 5.51. The minimum absolute atomic E-state index is 0.313. The standard InChI is InChI=1S/C11H18ClN3O/c1-9(2)16-6-4-3-5-13-11-14-7-10(12)8-15-11/h7-9H,3-6H2,1-2H3,(H,13,14,15). The summed E-state index contributed by atoms with van der Waals surface area (Å²) in [5, 5.41) is 3.68. The third-order valence-corrected chi connectivity index (χ3v) is 2.12. The first kappa shape index (κ1) is 13.2. The Morgan fingerprint density at radius 1 is 1.31 bits per heavy atom. The second-order valence-corrected chi connectivity index (χ2v) is 4.21. The number of nitrogens with one attached hydrogen (secondary N) is 1. The number of hydrogen-bond donors (Lipinski definition) is 1. The van der Waals surface area contributed by atoms with Crippen LogP contribution in [0.5, 0.6) is 0 Å². The van der Waals surface area contributed by atoms with Gasteiger partial charge in [0.15, 0.2) is 0 Å². The number of aromatic nitrogens is 2. The third kappa shape index (κ3) is 5.88. The van der Waals surface area contributed by atoms with Crippen molar-refractivity contribution in [2.75, 3.05) is 18.5 Å². The fraction of sp³-hybridized carbons (Fsp3) is 0.636. The van der Waals surface area contributed by atoms with Crippen molar-refractivity contribution in [3.63, 3.8) is 0 Å². The van der Waals surface area contributed by atoms with Crippen LogP contribution in [0.4, 0.5) is 5.95 Å². The molecule has 90 valence electrons. The predicted molar refractivity (Wildman–Crippen MR) is 65.9 cm³/mol. The average molecular weight is 244 g/mol. The summed E-state index contributed by atoms with van der Waals surface area (Å²) in [7, 11) is 0. The maximum atomic E-state index is 5.67. The molecule has 1 aromatic rings. The van der Waals surface area contributed by atoms with E-state index in [2.05, 4.69) is 15.3 Å². The Bertz CT molecular complexity index is 290. The molecule has 0 aliphatic rings. The van der Waals surface area contributed by atoms with Gasteiger partial charge in [-0.15, -0.1) is 0 Å². The van der Waals surface area contributed by atoms with Gasteiger partial charge >= 0.3 is 0 Å². The van der Waals surface area contributed by atoms with Gasteiger partial charge in [0.2, 0.25) is 5.95 Å². The lowest BCUT2D eigenvalue weighted by atomic mass is 10.3. The molecule has 1 aromatic heterocycles. The number of nitrogens with zero attached hydrogens (tertiary/aromatic N) is 2. The minimum atomic E-state index is 0.313. The predicted octanol–water partition coefficient (Wildman–Crippen LogP) is 2.75. The van der Waals surface area contributed by atoms with E-state index in [-0.39, 0.29) is 0 Å². The zero-order valence-corrected chi connectivity index (χ0v) is 10.5. The van der Waals surface area contributed by atoms with Gasteiger partial charge < -0.3 is 10.1 Å². The van der Waals surface area contributed by atoms with Crippen molar-refractivity contribution in [2.45, 2.75) is 32.8 Å². The van der Waals surface area contributed by atoms with E-state index >= 15 is 0 Å². The molecule has 0 aromatic carbocycles. The lowest BCUT2D eigenvalue weighted by Crippen LogP contribution is -2.08. The Morgan fingerprint density at radius 3 is 2.62 bits per heavy atom. The van der Waals surface area contributed by atoms with Gasteiger partial charge in [-0.2, -0.15) is 0 Å². The SMILES string of the molecule is CC(C)OCCCCNc1ncc(Cl)cn1. The van der Waals surface area contributed by atoms with Crippen LogP contribution < -0.4 is 5.32 Å². The fourth-order valence-electron chi connectivity index (χ4n) is 1.15. The zero-order valence-electron chi connectivity index (χ0n) is 9.74. The van der Waals surface area contributed by atoms with E-state index in [1.54, 1.807) is 12.4 Å². The van der Waals surface area contributed by atoms with Crippen LogP contribution in [-0.2, 0) is 4.74 Å². The van der Waals surface area contributed by atoms with Crippen LogP contribution in [0.1, 0.15) is 26.7 Å². The molecule has 0 aliphatic carbocycles. The second kappa shape index (κ2) is 7.41. The van der Waals surface area contributed by atoms with Crippen LogP contribution in [0.15, 0.2) is 12.4 Å². The average Bonchev–Trinajstić information content (AvgIpc) is 2.25. The number of halogens is 1. The van der Waals surface area contributed by atoms with E-state index in [1.807, 2.05) is 13.8 Å². The molecular formula is C11H18ClN3O. The largest absolute Gasteiger partial charge is 0.379 e. The van der Waals surface area contributed by atoms with Crippen molar-refractivity contribution in [3.8, 4) is 0 Å². The number of rotatable bonds is 7. The zero-order chi connectivity index (χ0) is 11.8. The number of ether oxygens (including phenoxy) is 1. The molecule has 1 heterocycles. The molecule has 0 bridgehead atoms. The number of anilines is 1. The summed E-state index contributed by atoms with van der Waals surface area (Å²) < 4.78 is 5.43. The molecule has 0 saturated carbocycles. The highest BCUT2D eigenvalue weighted by Gasteiger charge is 1.96. The Kier molecular flexibility index (Phi) is 6.11. The lowest BCUT2D eigenvalue weighted by molar-refractivity contribution is 0.0765. The maximum Gasteiger partial charge on any atom is 0.222 e. The van der Waals surface area contributed by atoms with Crippen molar-refractivity contribution in [1.82, 2.24) is 9.97 Å². The van der Waals surface area contributed by atoms with Crippen molar-refractivity contribution >= 4 is 17.5 Å². The summed E-state index contributed by atoms with van der Waals surface area (Å²) in [5.74, 6) is 0.620. The normalized spacial score (nSPS) is 10.8. The monoisotopic (exact) mass is 243 g/mol. The van der Waals surface area contributed by atoms with Gasteiger partial charge in [0.05, 0.1) is 23.5 Å². The van der Waals surface area contributed by atoms with Crippen LogP contribution >= 0.6 is 11.6 Å². The molecule has 16 heavy (non-hydrogen) atoms. The highest BCUT2D eigenvalue weighted by Crippen LogP contribution is 2.05. The van der Waals surface area contributed by atoms with Crippen LogP contribution in [0.2, 0.25) is 5.02 Å². The Balaban J connectivity index is 2.05. The Morgan fingerprint density at radius 2 is 2.00 bits per heavy atom. The van der Waals surface area contributed by atoms with Crippen molar-refractivity contribution in [3.05, 3.63) is 17.4 Å². The maximum absolute atomic E-state index is 5.67. The highest BCUT2D eigenvalue weighted by atomic mass is 35.5. The van der Waals surface area contributed by atoms with Gasteiger partial charge in [-0.3, -0.25) is 0 Å². The second-order valence-electron chi connectivity index (χ2n) is 3.78. The van der Waals surface area contributed by atoms with Gasteiger partial charge in [-0.25, -0.2) is 9.97 Å². The first-order chi connectivity index (χ1) is 7.68. The fourth-order valence-corrected chi connectivity index (χ4v) is 1.25. The first-order valence-corrected chi connectivity index (χ1v) is 5.89. The smallest absolute Gasteiger partial charge is 0.222 e. The van der Waals surface area contributed by atoms with Gasteiger partial charge in [0.1, 0.15) is 0 Å². The third-order valence-electron chi connectivity index (χ3n) is 1.93. The molecule has 0 saturated heterocycles. The van der Waals surface area contributed by atoms with Crippen LogP contribution in [0.25, 0.3) is 0 Å². The molecule has 0 unspecified atom stereocenters. The molecule has 4 nitrogen and oxygen atoms in total. The molecule has 5 heteroatoms. The molecule has 0 fully saturated rings. The van der Waals surface area contributed by atoms with E-state index in [0.717, 1.165) is 26.0 Å². The van der Waals surface area contributed by atoms with E-state index < -0.39 is 0 Å². The van der Waals surface area contributed by atoms with Crippen LogP contribution in [0, 0.1) is 0 Å². The number of unbranched alkanes of at least 4 members (excludes halogenated alkanes) is 1. The van der Waals surface area contributed by atoms with Gasteiger partial charge in [-0.05, 0) is 26.7 Å². The van der Waals surface area contributed by atoms with Gasteiger partial charge in [0, 0.05) is 13.2 Å². The van der Waals surface area contributed by atoms with E-state index in [1.165, 1.54) is 0 Å². The molecule has 1 rings (SSSR count). The lowest BCUT2D eigenvalue weighted by Gasteiger charge is -2.07. The molecule has 0 spiro atoms. The molecule has 0 aliphatic heterocycles. The van der Waals surface area contributed by atoms with Crippen molar-refractivity contribution < 1.29 is 4.74 Å². The summed E-state index contributed by atoms with van der Waals surface area (Å²) in [6, 6.07) is 0. The summed E-state index contributed by atoms with van der Waals surface area (Å²) in [4.78, 5) is 8.08. The highest BCUT2D eigenvalue weighted by molar-refractivity contribution is 6.30. The Labute approximate surface area is 101 Å². The molecule has 1 N–H and O–H groups in total. The molecule has 0 radical (unpaired) electrons. The minimum Gasteiger partial charge on any atom is -0.379 e. The van der Waals surface area contributed by atoms with E-state index in [0.29, 0.717) is 17.1 Å². The van der Waals surface area contributed by atoms with Crippen molar-refractivity contribution in [1.29, 1.82) is 0 Å². The molecular weight excluding hydrogens is 226 g/mol. The number of hydrogen-bond acceptors (Lipinski definition) is 4. The Hall–Kier alpha value is -0.870. The van der Waals surface area contributed by atoms with Crippen molar-refractivity contribution in [2.24, 2.45) is 0 Å². The van der Waals surface area contributed by atoms with Gasteiger partial charge in [-0.1, -0.05) is 11.6 Å². The van der Waals surface area contributed by atoms with E-state index in [4.69, 9.17) is 16.3 Å². The van der Waals surface area contributed by atoms with Crippen LogP contribution in [-0.4, -0.2) is 29.2 Å². The molecule has 0 amide bonds.